The molecule has 0 bridgehead atoms. The number of hydrogen-bond donors (Lipinski definition) is 3. The maximum absolute atomic E-state index is 5.77. The number of nitrogen functional groups attached to an aromatic ring is 3. The summed E-state index contributed by atoms with van der Waals surface area (Å²) in [4.78, 5) is 18.9. The summed E-state index contributed by atoms with van der Waals surface area (Å²) in [6.45, 7) is 2.09. The molecule has 6 N–H and O–H groups in total. The van der Waals surface area contributed by atoms with E-state index in [1.807, 2.05) is 0 Å². The van der Waals surface area contributed by atoms with Crippen molar-refractivity contribution >= 4 is 50.9 Å². The van der Waals surface area contributed by atoms with Gasteiger partial charge in [0.15, 0.2) is 5.16 Å². The normalized spacial score (nSPS) is 11.1. The van der Waals surface area contributed by atoms with E-state index in [4.69, 9.17) is 17.2 Å². The van der Waals surface area contributed by atoms with Crippen LogP contribution in [0, 0.1) is 0 Å². The minimum atomic E-state index is 0.228. The molecule has 3 heterocycles. The molecule has 0 radical (unpaired) electrons. The fraction of sp³-hybridized carbons (Fsp3) is 0.167. The maximum atomic E-state index is 5.77. The summed E-state index contributed by atoms with van der Waals surface area (Å²) in [5, 5.41) is 2.09. The fourth-order valence-corrected chi connectivity index (χ4v) is 3.73. The van der Waals surface area contributed by atoms with E-state index in [0.717, 1.165) is 16.6 Å². The van der Waals surface area contributed by atoms with Gasteiger partial charge in [0.05, 0.1) is 0 Å². The lowest BCUT2D eigenvalue weighted by molar-refractivity contribution is 0.978. The average Bonchev–Trinajstić information content (AvgIpc) is 2.80. The van der Waals surface area contributed by atoms with Crippen molar-refractivity contribution in [3.8, 4) is 0 Å². The highest BCUT2D eigenvalue weighted by molar-refractivity contribution is 7.99. The van der Waals surface area contributed by atoms with Crippen LogP contribution in [0.15, 0.2) is 22.3 Å². The van der Waals surface area contributed by atoms with E-state index in [-0.39, 0.29) is 5.95 Å². The first kappa shape index (κ1) is 13.8. The van der Waals surface area contributed by atoms with Crippen LogP contribution in [-0.4, -0.2) is 19.9 Å². The Kier molecular flexibility index (Phi) is 3.52. The number of fused-ring (bicyclic) bond motifs is 1. The molecule has 0 saturated carbocycles. The van der Waals surface area contributed by atoms with Gasteiger partial charge in [-0.25, -0.2) is 19.9 Å². The molecule has 0 aliphatic rings. The van der Waals surface area contributed by atoms with Gasteiger partial charge in [-0.2, -0.15) is 0 Å². The van der Waals surface area contributed by atoms with Crippen LogP contribution in [-0.2, 0) is 6.42 Å². The zero-order valence-corrected chi connectivity index (χ0v) is 12.8. The third-order valence-electron chi connectivity index (χ3n) is 2.71. The summed E-state index contributed by atoms with van der Waals surface area (Å²) in [7, 11) is 0. The molecule has 108 valence electrons. The van der Waals surface area contributed by atoms with Crippen LogP contribution in [0.4, 0.5) is 17.6 Å². The van der Waals surface area contributed by atoms with Crippen molar-refractivity contribution in [3.05, 3.63) is 17.0 Å². The zero-order chi connectivity index (χ0) is 15.0. The first-order valence-corrected chi connectivity index (χ1v) is 7.82. The van der Waals surface area contributed by atoms with Crippen LogP contribution in [0.25, 0.3) is 10.2 Å². The number of aryl methyl sites for hydroxylation is 1. The van der Waals surface area contributed by atoms with Crippen molar-refractivity contribution in [2.75, 3.05) is 17.2 Å². The predicted octanol–water partition coefficient (Wildman–Crippen LogP) is 1.94. The molecule has 0 unspecified atom stereocenters. The van der Waals surface area contributed by atoms with Crippen molar-refractivity contribution in [3.63, 3.8) is 0 Å². The molecule has 3 rings (SSSR count). The number of anilines is 3. The Morgan fingerprint density at radius 2 is 1.76 bits per heavy atom. The maximum Gasteiger partial charge on any atom is 0.222 e. The first-order chi connectivity index (χ1) is 10.0. The van der Waals surface area contributed by atoms with Gasteiger partial charge in [-0.1, -0.05) is 6.92 Å². The van der Waals surface area contributed by atoms with Gasteiger partial charge in [0.2, 0.25) is 5.95 Å². The molecule has 0 aliphatic carbocycles. The monoisotopic (exact) mass is 319 g/mol. The predicted molar refractivity (Wildman–Crippen MR) is 86.2 cm³/mol. The average molecular weight is 319 g/mol. The Balaban J connectivity index is 2.08. The van der Waals surface area contributed by atoms with Crippen molar-refractivity contribution in [2.45, 2.75) is 23.5 Å². The number of thiophene rings is 1. The molecular formula is C12H13N7S2. The summed E-state index contributed by atoms with van der Waals surface area (Å²) >= 11 is 2.88. The molecule has 0 spiro atoms. The van der Waals surface area contributed by atoms with E-state index in [9.17, 15) is 0 Å². The van der Waals surface area contributed by atoms with Crippen LogP contribution < -0.4 is 17.2 Å². The second-order valence-electron chi connectivity index (χ2n) is 4.27. The van der Waals surface area contributed by atoms with E-state index in [2.05, 4.69) is 32.9 Å². The summed E-state index contributed by atoms with van der Waals surface area (Å²) < 4.78 is 0. The standard InChI is InChI=1S/C12H13N7S2/c1-2-5-3-6-9(20-5)18-11(15)19-10(6)21-12-16-7(13)4-8(14)17-12/h3-4H,2H2,1H3,(H2,15,18,19)(H4,13,14,16,17). The summed E-state index contributed by atoms with van der Waals surface area (Å²) in [6.07, 6.45) is 0.937. The van der Waals surface area contributed by atoms with E-state index >= 15 is 0 Å². The highest BCUT2D eigenvalue weighted by Crippen LogP contribution is 2.34. The zero-order valence-electron chi connectivity index (χ0n) is 11.2. The Bertz CT molecular complexity index is 794. The minimum absolute atomic E-state index is 0.228. The molecule has 3 aromatic heterocycles. The van der Waals surface area contributed by atoms with Gasteiger partial charge in [-0.05, 0) is 24.2 Å². The Morgan fingerprint density at radius 3 is 2.43 bits per heavy atom. The van der Waals surface area contributed by atoms with Crippen LogP contribution in [0.1, 0.15) is 11.8 Å². The molecule has 0 saturated heterocycles. The molecule has 21 heavy (non-hydrogen) atoms. The molecular weight excluding hydrogens is 306 g/mol. The minimum Gasteiger partial charge on any atom is -0.383 e. The second kappa shape index (κ2) is 5.34. The Labute approximate surface area is 129 Å². The van der Waals surface area contributed by atoms with Crippen molar-refractivity contribution in [1.82, 2.24) is 19.9 Å². The lowest BCUT2D eigenvalue weighted by Gasteiger charge is -2.04. The van der Waals surface area contributed by atoms with Gasteiger partial charge >= 0.3 is 0 Å². The van der Waals surface area contributed by atoms with Gasteiger partial charge in [-0.15, -0.1) is 11.3 Å². The molecule has 7 nitrogen and oxygen atoms in total. The van der Waals surface area contributed by atoms with Crippen LogP contribution in [0.3, 0.4) is 0 Å². The summed E-state index contributed by atoms with van der Waals surface area (Å²) in [5.41, 5.74) is 17.1. The van der Waals surface area contributed by atoms with E-state index in [0.29, 0.717) is 21.8 Å². The van der Waals surface area contributed by atoms with E-state index in [1.165, 1.54) is 22.7 Å². The number of nitrogens with two attached hydrogens (primary N) is 3. The number of rotatable bonds is 3. The highest BCUT2D eigenvalue weighted by Gasteiger charge is 2.13. The van der Waals surface area contributed by atoms with Gasteiger partial charge < -0.3 is 17.2 Å². The van der Waals surface area contributed by atoms with E-state index < -0.39 is 0 Å². The number of nitrogens with zero attached hydrogens (tertiary/aromatic N) is 4. The van der Waals surface area contributed by atoms with Crippen LogP contribution in [0.5, 0.6) is 0 Å². The third-order valence-corrected chi connectivity index (χ3v) is 4.75. The summed E-state index contributed by atoms with van der Waals surface area (Å²) in [5.74, 6) is 0.872. The van der Waals surface area contributed by atoms with Crippen LogP contribution >= 0.6 is 23.1 Å². The first-order valence-electron chi connectivity index (χ1n) is 6.19. The quantitative estimate of drug-likeness (QED) is 0.493. The van der Waals surface area contributed by atoms with Gasteiger partial charge in [0.1, 0.15) is 21.5 Å². The van der Waals surface area contributed by atoms with Gasteiger partial charge in [0.25, 0.3) is 0 Å². The topological polar surface area (TPSA) is 130 Å². The van der Waals surface area contributed by atoms with E-state index in [1.54, 1.807) is 11.3 Å². The molecule has 0 amide bonds. The smallest absolute Gasteiger partial charge is 0.222 e. The highest BCUT2D eigenvalue weighted by atomic mass is 32.2. The lowest BCUT2D eigenvalue weighted by atomic mass is 10.3. The van der Waals surface area contributed by atoms with Crippen molar-refractivity contribution in [1.29, 1.82) is 0 Å². The third kappa shape index (κ3) is 2.83. The molecule has 3 aromatic rings. The second-order valence-corrected chi connectivity index (χ2v) is 6.35. The molecule has 0 aliphatic heterocycles. The van der Waals surface area contributed by atoms with Crippen molar-refractivity contribution in [2.24, 2.45) is 0 Å². The lowest BCUT2D eigenvalue weighted by Crippen LogP contribution is -2.00. The number of hydrogen-bond acceptors (Lipinski definition) is 9. The van der Waals surface area contributed by atoms with Crippen LogP contribution in [0.2, 0.25) is 0 Å². The molecule has 9 heteroatoms. The molecule has 0 atom stereocenters. The summed E-state index contributed by atoms with van der Waals surface area (Å²) in [6, 6.07) is 3.57. The largest absolute Gasteiger partial charge is 0.383 e. The van der Waals surface area contributed by atoms with Gasteiger partial charge in [0, 0.05) is 16.3 Å². The SMILES string of the molecule is CCc1cc2c(Sc3nc(N)cc(N)n3)nc(N)nc2s1. The Hall–Kier alpha value is -2.13. The fourth-order valence-electron chi connectivity index (χ4n) is 1.81. The molecule has 0 aromatic carbocycles. The number of aromatic nitrogens is 4. The van der Waals surface area contributed by atoms with Crippen molar-refractivity contribution < 1.29 is 0 Å². The van der Waals surface area contributed by atoms with Gasteiger partial charge in [-0.3, -0.25) is 0 Å². The Morgan fingerprint density at radius 1 is 1.05 bits per heavy atom. The molecule has 0 fully saturated rings.